The predicted octanol–water partition coefficient (Wildman–Crippen LogP) is 4.85. The average molecular weight is 427 g/mol. The van der Waals surface area contributed by atoms with Gasteiger partial charge >= 0.3 is 6.18 Å². The molecule has 0 aliphatic carbocycles. The summed E-state index contributed by atoms with van der Waals surface area (Å²) in [5, 5.41) is 3.27. The highest BCUT2D eigenvalue weighted by atomic mass is 35.5. The third-order valence-electron chi connectivity index (χ3n) is 4.19. The number of rotatable bonds is 4. The molecule has 144 valence electrons. The van der Waals surface area contributed by atoms with Crippen LogP contribution in [-0.2, 0) is 6.18 Å². The molecule has 1 saturated heterocycles. The Morgan fingerprint density at radius 2 is 1.88 bits per heavy atom. The molecular formula is C17H19Cl2F3N2OS. The van der Waals surface area contributed by atoms with Crippen molar-refractivity contribution in [3.05, 3.63) is 50.7 Å². The van der Waals surface area contributed by atoms with Crippen LogP contribution < -0.4 is 10.1 Å². The number of benzene rings is 1. The molecule has 1 aromatic carbocycles. The Labute approximate surface area is 165 Å². The van der Waals surface area contributed by atoms with Crippen LogP contribution in [0.25, 0.3) is 0 Å². The van der Waals surface area contributed by atoms with E-state index in [0.29, 0.717) is 9.90 Å². The molecule has 1 aromatic heterocycles. The number of nitrogens with one attached hydrogen (secondary N) is 1. The van der Waals surface area contributed by atoms with Crippen molar-refractivity contribution in [2.24, 2.45) is 0 Å². The van der Waals surface area contributed by atoms with Gasteiger partial charge in [0.1, 0.15) is 5.75 Å². The Balaban J connectivity index is 0.00000243. The molecule has 26 heavy (non-hydrogen) atoms. The highest BCUT2D eigenvalue weighted by molar-refractivity contribution is 7.16. The molecule has 0 radical (unpaired) electrons. The Hall–Kier alpha value is -0.990. The topological polar surface area (TPSA) is 24.5 Å². The van der Waals surface area contributed by atoms with E-state index in [2.05, 4.69) is 10.2 Å². The first-order valence-corrected chi connectivity index (χ1v) is 9.04. The largest absolute Gasteiger partial charge is 0.497 e. The van der Waals surface area contributed by atoms with Gasteiger partial charge in [0.05, 0.1) is 23.1 Å². The summed E-state index contributed by atoms with van der Waals surface area (Å²) < 4.78 is 45.6. The number of alkyl halides is 3. The maximum absolute atomic E-state index is 13.3. The quantitative estimate of drug-likeness (QED) is 0.756. The van der Waals surface area contributed by atoms with Crippen molar-refractivity contribution < 1.29 is 17.9 Å². The van der Waals surface area contributed by atoms with E-state index in [0.717, 1.165) is 37.1 Å². The smallest absolute Gasteiger partial charge is 0.416 e. The number of methoxy groups -OCH3 is 1. The molecule has 2 aromatic rings. The number of ether oxygens (including phenoxy) is 1. The monoisotopic (exact) mass is 426 g/mol. The second-order valence-electron chi connectivity index (χ2n) is 5.82. The van der Waals surface area contributed by atoms with Crippen LogP contribution >= 0.6 is 35.3 Å². The number of hydrogen-bond acceptors (Lipinski definition) is 4. The van der Waals surface area contributed by atoms with E-state index in [-0.39, 0.29) is 24.2 Å². The van der Waals surface area contributed by atoms with Gasteiger partial charge in [-0.25, -0.2) is 0 Å². The van der Waals surface area contributed by atoms with Gasteiger partial charge in [-0.3, -0.25) is 4.90 Å². The Morgan fingerprint density at radius 1 is 1.19 bits per heavy atom. The molecule has 0 spiro atoms. The van der Waals surface area contributed by atoms with E-state index in [1.54, 1.807) is 12.1 Å². The van der Waals surface area contributed by atoms with E-state index in [4.69, 9.17) is 16.3 Å². The summed E-state index contributed by atoms with van der Waals surface area (Å²) in [6.45, 7) is 3.09. The zero-order chi connectivity index (χ0) is 18.0. The first-order valence-electron chi connectivity index (χ1n) is 7.84. The third-order valence-corrected chi connectivity index (χ3v) is 5.47. The molecule has 1 aliphatic rings. The van der Waals surface area contributed by atoms with Crippen molar-refractivity contribution in [2.75, 3.05) is 33.3 Å². The molecule has 0 saturated carbocycles. The summed E-state index contributed by atoms with van der Waals surface area (Å²) in [6, 6.07) is 7.29. The molecule has 1 fully saturated rings. The molecule has 1 aliphatic heterocycles. The Bertz CT molecular complexity index is 733. The van der Waals surface area contributed by atoms with E-state index in [9.17, 15) is 13.2 Å². The minimum absolute atomic E-state index is 0. The van der Waals surface area contributed by atoms with Crippen LogP contribution in [0.5, 0.6) is 5.75 Å². The minimum atomic E-state index is -4.43. The molecule has 0 unspecified atom stereocenters. The maximum atomic E-state index is 13.3. The van der Waals surface area contributed by atoms with Gasteiger partial charge in [-0.05, 0) is 35.9 Å². The summed E-state index contributed by atoms with van der Waals surface area (Å²) in [4.78, 5) is 3.10. The van der Waals surface area contributed by atoms with E-state index >= 15 is 0 Å². The number of thiophene rings is 1. The molecule has 0 bridgehead atoms. The minimum Gasteiger partial charge on any atom is -0.497 e. The lowest BCUT2D eigenvalue weighted by molar-refractivity contribution is -0.137. The molecule has 9 heteroatoms. The van der Waals surface area contributed by atoms with Gasteiger partial charge in [-0.2, -0.15) is 13.2 Å². The van der Waals surface area contributed by atoms with E-state index < -0.39 is 11.7 Å². The highest BCUT2D eigenvalue weighted by Crippen LogP contribution is 2.40. The molecule has 3 rings (SSSR count). The Morgan fingerprint density at radius 3 is 2.42 bits per heavy atom. The van der Waals surface area contributed by atoms with Gasteiger partial charge in [0.2, 0.25) is 0 Å². The van der Waals surface area contributed by atoms with Crippen molar-refractivity contribution in [2.45, 2.75) is 12.2 Å². The molecule has 3 nitrogen and oxygen atoms in total. The van der Waals surface area contributed by atoms with E-state index in [1.165, 1.54) is 24.5 Å². The van der Waals surface area contributed by atoms with Crippen LogP contribution in [0.2, 0.25) is 4.34 Å². The number of piperazine rings is 1. The summed E-state index contributed by atoms with van der Waals surface area (Å²) in [6.07, 6.45) is -4.43. The molecule has 1 N–H and O–H groups in total. The summed E-state index contributed by atoms with van der Waals surface area (Å²) in [5.74, 6) is 0.201. The number of nitrogens with zero attached hydrogens (tertiary/aromatic N) is 1. The zero-order valence-corrected chi connectivity index (χ0v) is 16.4. The lowest BCUT2D eigenvalue weighted by Crippen LogP contribution is -2.45. The molecular weight excluding hydrogens is 408 g/mol. The highest BCUT2D eigenvalue weighted by Gasteiger charge is 2.33. The number of halogens is 5. The fourth-order valence-corrected chi connectivity index (χ4v) is 4.26. The van der Waals surface area contributed by atoms with Gasteiger partial charge < -0.3 is 10.1 Å². The summed E-state index contributed by atoms with van der Waals surface area (Å²) in [5.41, 5.74) is -0.142. The van der Waals surface area contributed by atoms with Crippen molar-refractivity contribution in [1.82, 2.24) is 10.2 Å². The lowest BCUT2D eigenvalue weighted by Gasteiger charge is -2.35. The van der Waals surface area contributed by atoms with Crippen molar-refractivity contribution in [1.29, 1.82) is 0 Å². The van der Waals surface area contributed by atoms with Gasteiger partial charge in [-0.15, -0.1) is 23.7 Å². The first kappa shape index (κ1) is 21.3. The molecule has 0 amide bonds. The van der Waals surface area contributed by atoms with E-state index in [1.807, 2.05) is 6.07 Å². The van der Waals surface area contributed by atoms with Gasteiger partial charge in [0.15, 0.2) is 0 Å². The van der Waals surface area contributed by atoms with Crippen molar-refractivity contribution in [3.63, 3.8) is 0 Å². The fourth-order valence-electron chi connectivity index (χ4n) is 3.03. The second kappa shape index (κ2) is 8.80. The van der Waals surface area contributed by atoms with Crippen LogP contribution in [-0.4, -0.2) is 38.2 Å². The molecule has 1 atom stereocenters. The van der Waals surface area contributed by atoms with Crippen LogP contribution in [0.4, 0.5) is 13.2 Å². The van der Waals surface area contributed by atoms with Gasteiger partial charge in [-0.1, -0.05) is 11.6 Å². The van der Waals surface area contributed by atoms with Crippen LogP contribution in [0, 0.1) is 0 Å². The first-order chi connectivity index (χ1) is 11.9. The summed E-state index contributed by atoms with van der Waals surface area (Å²) in [7, 11) is 1.38. The Kier molecular flexibility index (Phi) is 7.21. The normalized spacial score (nSPS) is 16.8. The van der Waals surface area contributed by atoms with Crippen LogP contribution in [0.1, 0.15) is 22.0 Å². The standard InChI is InChI=1S/C17H18ClF3N2OS.ClH/c1-24-13-9-11(8-12(10-13)17(19,20)21)16(14-2-3-15(18)25-14)23-6-4-22-5-7-23;/h2-3,8-10,16,22H,4-7H2,1H3;1H/t16-;/m1./s1. The van der Waals surface area contributed by atoms with Gasteiger partial charge in [0.25, 0.3) is 0 Å². The third kappa shape index (κ3) is 4.84. The maximum Gasteiger partial charge on any atom is 0.416 e. The predicted molar refractivity (Wildman–Crippen MR) is 101 cm³/mol. The van der Waals surface area contributed by atoms with Gasteiger partial charge in [0, 0.05) is 31.1 Å². The van der Waals surface area contributed by atoms with Crippen LogP contribution in [0.15, 0.2) is 30.3 Å². The van der Waals surface area contributed by atoms with Crippen molar-refractivity contribution in [3.8, 4) is 5.75 Å². The lowest BCUT2D eigenvalue weighted by atomic mass is 9.99. The number of hydrogen-bond donors (Lipinski definition) is 1. The van der Waals surface area contributed by atoms with Crippen molar-refractivity contribution >= 4 is 35.3 Å². The summed E-state index contributed by atoms with van der Waals surface area (Å²) >= 11 is 7.47. The zero-order valence-electron chi connectivity index (χ0n) is 14.0. The van der Waals surface area contributed by atoms with Crippen LogP contribution in [0.3, 0.4) is 0 Å². The average Bonchev–Trinajstić information content (AvgIpc) is 3.01. The molecule has 2 heterocycles. The second-order valence-corrected chi connectivity index (χ2v) is 7.57. The fraction of sp³-hybridized carbons (Fsp3) is 0.412. The SMILES string of the molecule is COc1cc([C@H](c2ccc(Cl)s2)N2CCNCC2)cc(C(F)(F)F)c1.Cl.